The molecule has 0 saturated heterocycles. The second-order valence-corrected chi connectivity index (χ2v) is 4.61. The van der Waals surface area contributed by atoms with E-state index in [9.17, 15) is 4.39 Å². The van der Waals surface area contributed by atoms with Gasteiger partial charge in [-0.2, -0.15) is 0 Å². The maximum absolute atomic E-state index is 13.2. The summed E-state index contributed by atoms with van der Waals surface area (Å²) in [6.07, 6.45) is 0. The zero-order chi connectivity index (χ0) is 12.3. The van der Waals surface area contributed by atoms with Crippen LogP contribution in [-0.2, 0) is 13.2 Å². The van der Waals surface area contributed by atoms with Crippen molar-refractivity contribution in [1.82, 2.24) is 4.98 Å². The van der Waals surface area contributed by atoms with E-state index in [1.54, 1.807) is 6.07 Å². The summed E-state index contributed by atoms with van der Waals surface area (Å²) in [5, 5.41) is 2.83. The smallest absolute Gasteiger partial charge is 0.140 e. The summed E-state index contributed by atoms with van der Waals surface area (Å²) in [5.74, 6) is 0.150. The highest BCUT2D eigenvalue weighted by molar-refractivity contribution is 7.09. The van der Waals surface area contributed by atoms with Gasteiger partial charge < -0.3 is 10.5 Å². The van der Waals surface area contributed by atoms with Crippen molar-refractivity contribution in [2.24, 2.45) is 5.73 Å². The van der Waals surface area contributed by atoms with Gasteiger partial charge in [0.25, 0.3) is 0 Å². The van der Waals surface area contributed by atoms with Crippen LogP contribution in [0.5, 0.6) is 5.75 Å². The van der Waals surface area contributed by atoms with E-state index >= 15 is 0 Å². The van der Waals surface area contributed by atoms with Crippen molar-refractivity contribution in [1.29, 1.82) is 0 Å². The van der Waals surface area contributed by atoms with E-state index in [2.05, 4.69) is 4.98 Å². The fraction of sp³-hybridized carbons (Fsp3) is 0.250. The van der Waals surface area contributed by atoms with Gasteiger partial charge >= 0.3 is 0 Å². The first-order valence-corrected chi connectivity index (χ1v) is 6.08. The van der Waals surface area contributed by atoms with Crippen LogP contribution in [0.2, 0.25) is 0 Å². The second-order valence-electron chi connectivity index (χ2n) is 3.67. The molecular formula is C12H13FN2OS. The Kier molecular flexibility index (Phi) is 3.71. The molecular weight excluding hydrogens is 239 g/mol. The van der Waals surface area contributed by atoms with Gasteiger partial charge in [0.15, 0.2) is 0 Å². The molecule has 1 aromatic carbocycles. The normalized spacial score (nSPS) is 10.5. The number of halogens is 1. The van der Waals surface area contributed by atoms with Crippen LogP contribution < -0.4 is 10.5 Å². The van der Waals surface area contributed by atoms with Crippen LogP contribution in [0.25, 0.3) is 0 Å². The Hall–Kier alpha value is -1.46. The second kappa shape index (κ2) is 5.25. The first-order valence-electron chi connectivity index (χ1n) is 5.20. The van der Waals surface area contributed by atoms with Gasteiger partial charge in [0.1, 0.15) is 23.2 Å². The Labute approximate surface area is 103 Å². The van der Waals surface area contributed by atoms with Gasteiger partial charge in [0.05, 0.1) is 0 Å². The molecule has 0 aliphatic heterocycles. The van der Waals surface area contributed by atoms with Crippen molar-refractivity contribution >= 4 is 11.3 Å². The van der Waals surface area contributed by atoms with E-state index in [0.717, 1.165) is 16.3 Å². The van der Waals surface area contributed by atoms with E-state index in [1.807, 2.05) is 12.3 Å². The van der Waals surface area contributed by atoms with Gasteiger partial charge in [-0.15, -0.1) is 11.3 Å². The number of benzene rings is 1. The molecule has 3 nitrogen and oxygen atoms in total. The van der Waals surface area contributed by atoms with E-state index in [4.69, 9.17) is 10.5 Å². The van der Waals surface area contributed by atoms with Crippen molar-refractivity contribution in [3.63, 3.8) is 0 Å². The summed E-state index contributed by atoms with van der Waals surface area (Å²) < 4.78 is 18.7. The molecule has 2 aromatic rings. The standard InChI is InChI=1S/C12H13FN2OS/c1-8-7-17-12(15-8)6-16-11-3-9(5-14)2-10(13)4-11/h2-4,7H,5-6,14H2,1H3. The number of aryl methyl sites for hydroxylation is 1. The summed E-state index contributed by atoms with van der Waals surface area (Å²) >= 11 is 1.53. The summed E-state index contributed by atoms with van der Waals surface area (Å²) in [5.41, 5.74) is 7.15. The third kappa shape index (κ3) is 3.25. The SMILES string of the molecule is Cc1csc(COc2cc(F)cc(CN)c2)n1. The Balaban J connectivity index is 2.05. The van der Waals surface area contributed by atoms with Crippen LogP contribution in [0.15, 0.2) is 23.6 Å². The molecule has 0 aliphatic rings. The largest absolute Gasteiger partial charge is 0.486 e. The molecule has 17 heavy (non-hydrogen) atoms. The fourth-order valence-corrected chi connectivity index (χ4v) is 2.12. The van der Waals surface area contributed by atoms with Gasteiger partial charge in [-0.05, 0) is 24.6 Å². The quantitative estimate of drug-likeness (QED) is 0.910. The molecule has 0 unspecified atom stereocenters. The minimum absolute atomic E-state index is 0.296. The maximum Gasteiger partial charge on any atom is 0.140 e. The van der Waals surface area contributed by atoms with E-state index in [1.165, 1.54) is 23.5 Å². The van der Waals surface area contributed by atoms with Crippen molar-refractivity contribution in [2.75, 3.05) is 0 Å². The lowest BCUT2D eigenvalue weighted by Gasteiger charge is -2.06. The highest BCUT2D eigenvalue weighted by atomic mass is 32.1. The minimum Gasteiger partial charge on any atom is -0.486 e. The lowest BCUT2D eigenvalue weighted by atomic mass is 10.2. The van der Waals surface area contributed by atoms with Crippen molar-refractivity contribution < 1.29 is 9.13 Å². The zero-order valence-electron chi connectivity index (χ0n) is 9.44. The van der Waals surface area contributed by atoms with Crippen LogP contribution in [0.3, 0.4) is 0 Å². The monoisotopic (exact) mass is 252 g/mol. The van der Waals surface area contributed by atoms with E-state index in [0.29, 0.717) is 18.9 Å². The van der Waals surface area contributed by atoms with Crippen LogP contribution in [0, 0.1) is 12.7 Å². The minimum atomic E-state index is -0.335. The van der Waals surface area contributed by atoms with E-state index < -0.39 is 0 Å². The number of aromatic nitrogens is 1. The third-order valence-corrected chi connectivity index (χ3v) is 3.14. The van der Waals surface area contributed by atoms with E-state index in [-0.39, 0.29) is 5.82 Å². The number of ether oxygens (including phenoxy) is 1. The molecule has 0 spiro atoms. The summed E-state index contributed by atoms with van der Waals surface area (Å²) in [4.78, 5) is 4.27. The Morgan fingerprint density at radius 3 is 2.88 bits per heavy atom. The van der Waals surface area contributed by atoms with Crippen molar-refractivity contribution in [3.05, 3.63) is 45.7 Å². The first-order chi connectivity index (χ1) is 8.17. The zero-order valence-corrected chi connectivity index (χ0v) is 10.3. The van der Waals surface area contributed by atoms with Gasteiger partial charge in [-0.1, -0.05) is 0 Å². The number of hydrogen-bond donors (Lipinski definition) is 1. The summed E-state index contributed by atoms with van der Waals surface area (Å²) in [7, 11) is 0. The first kappa shape index (κ1) is 12.0. The molecule has 90 valence electrons. The number of nitrogens with zero attached hydrogens (tertiary/aromatic N) is 1. The Bertz CT molecular complexity index is 513. The Morgan fingerprint density at radius 1 is 1.41 bits per heavy atom. The molecule has 1 aromatic heterocycles. The molecule has 0 fully saturated rings. The lowest BCUT2D eigenvalue weighted by Crippen LogP contribution is -2.00. The maximum atomic E-state index is 13.2. The van der Waals surface area contributed by atoms with Crippen molar-refractivity contribution in [3.8, 4) is 5.75 Å². The number of thiazole rings is 1. The van der Waals surface area contributed by atoms with Gasteiger partial charge in [-0.25, -0.2) is 9.37 Å². The average molecular weight is 252 g/mol. The molecule has 2 N–H and O–H groups in total. The molecule has 0 saturated carbocycles. The predicted molar refractivity (Wildman–Crippen MR) is 65.5 cm³/mol. The highest BCUT2D eigenvalue weighted by Crippen LogP contribution is 2.18. The fourth-order valence-electron chi connectivity index (χ4n) is 1.44. The van der Waals surface area contributed by atoms with Crippen LogP contribution in [0.1, 0.15) is 16.3 Å². The molecule has 2 rings (SSSR count). The highest BCUT2D eigenvalue weighted by Gasteiger charge is 2.03. The molecule has 0 bridgehead atoms. The molecule has 0 atom stereocenters. The van der Waals surface area contributed by atoms with Crippen molar-refractivity contribution in [2.45, 2.75) is 20.1 Å². The molecule has 5 heteroatoms. The lowest BCUT2D eigenvalue weighted by molar-refractivity contribution is 0.303. The van der Waals surface area contributed by atoms with Gasteiger partial charge in [0.2, 0.25) is 0 Å². The molecule has 0 amide bonds. The number of hydrogen-bond acceptors (Lipinski definition) is 4. The number of nitrogens with two attached hydrogens (primary N) is 1. The Morgan fingerprint density at radius 2 is 2.24 bits per heavy atom. The molecule has 0 aliphatic carbocycles. The van der Waals surface area contributed by atoms with Crippen LogP contribution in [-0.4, -0.2) is 4.98 Å². The molecule has 0 radical (unpaired) electrons. The molecule has 1 heterocycles. The third-order valence-electron chi connectivity index (χ3n) is 2.20. The topological polar surface area (TPSA) is 48.1 Å². The van der Waals surface area contributed by atoms with Gasteiger partial charge in [0, 0.05) is 23.7 Å². The van der Waals surface area contributed by atoms with Gasteiger partial charge in [-0.3, -0.25) is 0 Å². The average Bonchev–Trinajstić information content (AvgIpc) is 2.72. The summed E-state index contributed by atoms with van der Waals surface area (Å²) in [6.45, 7) is 2.57. The predicted octanol–water partition coefficient (Wildman–Crippen LogP) is 2.63. The van der Waals surface area contributed by atoms with Crippen LogP contribution >= 0.6 is 11.3 Å². The summed E-state index contributed by atoms with van der Waals surface area (Å²) in [6, 6.07) is 4.49. The number of rotatable bonds is 4. The van der Waals surface area contributed by atoms with Crippen LogP contribution in [0.4, 0.5) is 4.39 Å².